The summed E-state index contributed by atoms with van der Waals surface area (Å²) in [5, 5.41) is 11.8. The van der Waals surface area contributed by atoms with Crippen molar-refractivity contribution in [3.8, 4) is 0 Å². The number of hydrogen-bond donors (Lipinski definition) is 2. The Morgan fingerprint density at radius 2 is 2.24 bits per heavy atom. The van der Waals surface area contributed by atoms with Crippen molar-refractivity contribution in [1.29, 1.82) is 0 Å². The molecule has 0 saturated carbocycles. The first-order valence-corrected chi connectivity index (χ1v) is 8.45. The van der Waals surface area contributed by atoms with E-state index >= 15 is 0 Å². The summed E-state index contributed by atoms with van der Waals surface area (Å²) in [7, 11) is 0. The molecule has 7 heteroatoms. The highest BCUT2D eigenvalue weighted by Gasteiger charge is 2.14. The van der Waals surface area contributed by atoms with Gasteiger partial charge in [-0.15, -0.1) is 27.8 Å². The Bertz CT molecular complexity index is 733. The zero-order chi connectivity index (χ0) is 14.8. The fourth-order valence-electron chi connectivity index (χ4n) is 2.18. The SMILES string of the molecule is Cc1c(C[C@H](C)N)sc2c(NCc3cncs3)cnnc12. The van der Waals surface area contributed by atoms with Crippen LogP contribution in [0.5, 0.6) is 0 Å². The monoisotopic (exact) mass is 319 g/mol. The molecule has 0 aliphatic rings. The third-order valence-electron chi connectivity index (χ3n) is 3.25. The normalized spacial score (nSPS) is 12.7. The van der Waals surface area contributed by atoms with Crippen LogP contribution in [-0.4, -0.2) is 21.2 Å². The number of thiophene rings is 1. The molecular formula is C14H17N5S2. The average molecular weight is 319 g/mol. The Kier molecular flexibility index (Phi) is 4.14. The van der Waals surface area contributed by atoms with Crippen LogP contribution < -0.4 is 11.1 Å². The molecule has 0 spiro atoms. The lowest BCUT2D eigenvalue weighted by molar-refractivity contribution is 0.744. The van der Waals surface area contributed by atoms with E-state index in [1.807, 2.05) is 18.6 Å². The Labute approximate surface area is 131 Å². The summed E-state index contributed by atoms with van der Waals surface area (Å²) < 4.78 is 1.16. The van der Waals surface area contributed by atoms with E-state index in [2.05, 4.69) is 27.4 Å². The molecule has 0 aromatic carbocycles. The summed E-state index contributed by atoms with van der Waals surface area (Å²) in [5.74, 6) is 0. The number of aryl methyl sites for hydroxylation is 1. The number of aromatic nitrogens is 3. The summed E-state index contributed by atoms with van der Waals surface area (Å²) in [6.07, 6.45) is 4.54. The van der Waals surface area contributed by atoms with E-state index < -0.39 is 0 Å². The molecule has 5 nitrogen and oxygen atoms in total. The molecule has 0 saturated heterocycles. The first-order chi connectivity index (χ1) is 10.1. The maximum absolute atomic E-state index is 5.93. The van der Waals surface area contributed by atoms with E-state index in [0.29, 0.717) is 0 Å². The molecule has 0 bridgehead atoms. The van der Waals surface area contributed by atoms with E-state index in [9.17, 15) is 0 Å². The van der Waals surface area contributed by atoms with Gasteiger partial charge in [-0.25, -0.2) is 0 Å². The molecule has 3 N–H and O–H groups in total. The number of rotatable bonds is 5. The van der Waals surface area contributed by atoms with Gasteiger partial charge in [0.1, 0.15) is 5.52 Å². The predicted molar refractivity (Wildman–Crippen MR) is 88.9 cm³/mol. The number of anilines is 1. The van der Waals surface area contributed by atoms with Crippen LogP contribution in [0.25, 0.3) is 10.2 Å². The number of fused-ring (bicyclic) bond motifs is 1. The molecule has 3 aromatic rings. The third kappa shape index (κ3) is 3.04. The van der Waals surface area contributed by atoms with Crippen LogP contribution in [0, 0.1) is 6.92 Å². The third-order valence-corrected chi connectivity index (χ3v) is 5.36. The van der Waals surface area contributed by atoms with Gasteiger partial charge in [-0.2, -0.15) is 5.10 Å². The minimum absolute atomic E-state index is 0.151. The molecule has 21 heavy (non-hydrogen) atoms. The number of thiazole rings is 1. The lowest BCUT2D eigenvalue weighted by atomic mass is 10.1. The van der Waals surface area contributed by atoms with Gasteiger partial charge in [-0.1, -0.05) is 0 Å². The van der Waals surface area contributed by atoms with Crippen LogP contribution in [0.15, 0.2) is 17.9 Å². The highest BCUT2D eigenvalue weighted by Crippen LogP contribution is 2.34. The molecule has 110 valence electrons. The van der Waals surface area contributed by atoms with Gasteiger partial charge >= 0.3 is 0 Å². The summed E-state index contributed by atoms with van der Waals surface area (Å²) in [4.78, 5) is 6.58. The van der Waals surface area contributed by atoms with Gasteiger partial charge in [0.05, 0.1) is 28.6 Å². The standard InChI is InChI=1S/C14H17N5S2/c1-8(15)3-12-9(2)13-14(21-12)11(6-18-19-13)17-5-10-4-16-7-20-10/h4,6-8H,3,5,15H2,1-2H3,(H,17,19)/t8-/m0/s1. The first-order valence-electron chi connectivity index (χ1n) is 6.75. The zero-order valence-electron chi connectivity index (χ0n) is 12.0. The fourth-order valence-corrected chi connectivity index (χ4v) is 4.08. The van der Waals surface area contributed by atoms with E-state index in [1.54, 1.807) is 28.9 Å². The fraction of sp³-hybridized carbons (Fsp3) is 0.357. The summed E-state index contributed by atoms with van der Waals surface area (Å²) >= 11 is 3.40. The second-order valence-corrected chi connectivity index (χ2v) is 7.16. The first kappa shape index (κ1) is 14.4. The molecule has 3 rings (SSSR count). The maximum atomic E-state index is 5.93. The topological polar surface area (TPSA) is 76.7 Å². The molecule has 0 radical (unpaired) electrons. The molecule has 0 fully saturated rings. The Morgan fingerprint density at radius 3 is 2.95 bits per heavy atom. The molecule has 3 heterocycles. The highest BCUT2D eigenvalue weighted by atomic mass is 32.1. The van der Waals surface area contributed by atoms with Crippen molar-refractivity contribution >= 4 is 38.6 Å². The molecule has 0 unspecified atom stereocenters. The Hall–Kier alpha value is -1.57. The van der Waals surface area contributed by atoms with Gasteiger partial charge in [0.25, 0.3) is 0 Å². The summed E-state index contributed by atoms with van der Waals surface area (Å²) in [6.45, 7) is 4.88. The molecule has 3 aromatic heterocycles. The van der Waals surface area contributed by atoms with Crippen molar-refractivity contribution in [2.24, 2.45) is 5.73 Å². The average Bonchev–Trinajstić information content (AvgIpc) is 3.06. The largest absolute Gasteiger partial charge is 0.378 e. The van der Waals surface area contributed by atoms with Crippen LogP contribution in [-0.2, 0) is 13.0 Å². The lowest BCUT2D eigenvalue weighted by Gasteiger charge is -2.04. The lowest BCUT2D eigenvalue weighted by Crippen LogP contribution is -2.17. The van der Waals surface area contributed by atoms with E-state index in [1.165, 1.54) is 15.3 Å². The minimum atomic E-state index is 0.151. The quantitative estimate of drug-likeness (QED) is 0.756. The number of nitrogens with two attached hydrogens (primary N) is 1. The predicted octanol–water partition coefficient (Wildman–Crippen LogP) is 2.96. The molecule has 0 aliphatic heterocycles. The molecular weight excluding hydrogens is 302 g/mol. The van der Waals surface area contributed by atoms with E-state index in [4.69, 9.17) is 5.73 Å². The van der Waals surface area contributed by atoms with Crippen molar-refractivity contribution in [3.05, 3.63) is 33.2 Å². The van der Waals surface area contributed by atoms with Gasteiger partial charge in [0.15, 0.2) is 0 Å². The van der Waals surface area contributed by atoms with Crippen LogP contribution in [0.3, 0.4) is 0 Å². The molecule has 0 amide bonds. The van der Waals surface area contributed by atoms with Crippen molar-refractivity contribution in [2.45, 2.75) is 32.9 Å². The molecule has 0 aliphatic carbocycles. The second kappa shape index (κ2) is 6.05. The van der Waals surface area contributed by atoms with Crippen molar-refractivity contribution in [2.75, 3.05) is 5.32 Å². The van der Waals surface area contributed by atoms with Crippen LogP contribution in [0.1, 0.15) is 22.2 Å². The van der Waals surface area contributed by atoms with Gasteiger partial charge in [0.2, 0.25) is 0 Å². The van der Waals surface area contributed by atoms with E-state index in [-0.39, 0.29) is 6.04 Å². The van der Waals surface area contributed by atoms with Gasteiger partial charge in [-0.05, 0) is 25.8 Å². The van der Waals surface area contributed by atoms with Gasteiger partial charge in [0, 0.05) is 22.0 Å². The summed E-state index contributed by atoms with van der Waals surface area (Å²) in [6, 6.07) is 0.151. The van der Waals surface area contributed by atoms with Crippen molar-refractivity contribution < 1.29 is 0 Å². The van der Waals surface area contributed by atoms with Crippen LogP contribution in [0.2, 0.25) is 0 Å². The smallest absolute Gasteiger partial charge is 0.109 e. The van der Waals surface area contributed by atoms with Crippen LogP contribution >= 0.6 is 22.7 Å². The Morgan fingerprint density at radius 1 is 1.38 bits per heavy atom. The number of nitrogens with zero attached hydrogens (tertiary/aromatic N) is 3. The highest BCUT2D eigenvalue weighted by molar-refractivity contribution is 7.19. The minimum Gasteiger partial charge on any atom is -0.378 e. The Balaban J connectivity index is 1.91. The maximum Gasteiger partial charge on any atom is 0.109 e. The second-order valence-electron chi connectivity index (χ2n) is 5.09. The summed E-state index contributed by atoms with van der Waals surface area (Å²) in [5.41, 5.74) is 11.0. The number of nitrogens with one attached hydrogen (secondary N) is 1. The van der Waals surface area contributed by atoms with Gasteiger partial charge < -0.3 is 11.1 Å². The van der Waals surface area contributed by atoms with Crippen molar-refractivity contribution in [3.63, 3.8) is 0 Å². The van der Waals surface area contributed by atoms with Crippen LogP contribution in [0.4, 0.5) is 5.69 Å². The molecule has 1 atom stereocenters. The zero-order valence-corrected chi connectivity index (χ0v) is 13.6. The van der Waals surface area contributed by atoms with Crippen molar-refractivity contribution in [1.82, 2.24) is 15.2 Å². The number of hydrogen-bond acceptors (Lipinski definition) is 7. The van der Waals surface area contributed by atoms with E-state index in [0.717, 1.165) is 28.9 Å². The van der Waals surface area contributed by atoms with Gasteiger partial charge in [-0.3, -0.25) is 4.98 Å².